The lowest BCUT2D eigenvalue weighted by Crippen LogP contribution is -3.00. The summed E-state index contributed by atoms with van der Waals surface area (Å²) in [7, 11) is 16.2. The van der Waals surface area contributed by atoms with Gasteiger partial charge in [-0.15, -0.1) is 0 Å². The van der Waals surface area contributed by atoms with Gasteiger partial charge in [0.2, 0.25) is 0 Å². The summed E-state index contributed by atoms with van der Waals surface area (Å²) in [5, 5.41) is 0. The van der Waals surface area contributed by atoms with E-state index in [1.165, 1.54) is 76.1 Å². The number of hydrogen-bond donors (Lipinski definition) is 0. The maximum absolute atomic E-state index is 2.72. The van der Waals surface area contributed by atoms with Crippen LogP contribution in [0.2, 0.25) is 0 Å². The van der Waals surface area contributed by atoms with Gasteiger partial charge in [-0.3, -0.25) is 0 Å². The Balaban J connectivity index is -0.000000882. The lowest BCUT2D eigenvalue weighted by Gasteiger charge is -2.33. The van der Waals surface area contributed by atoms with Crippen LogP contribution in [0.3, 0.4) is 0 Å². The number of quaternary nitrogens is 3. The second kappa shape index (κ2) is 17.7. The zero-order chi connectivity index (χ0) is 18.9. The van der Waals surface area contributed by atoms with Gasteiger partial charge in [0.15, 0.2) is 0 Å². The summed E-state index contributed by atoms with van der Waals surface area (Å²) >= 11 is 0. The summed E-state index contributed by atoms with van der Waals surface area (Å²) < 4.78 is 3.37. The highest BCUT2D eigenvalue weighted by atomic mass is 127. The molecule has 0 atom stereocenters. The summed E-state index contributed by atoms with van der Waals surface area (Å²) in [6.07, 6.45) is 3.94. The lowest BCUT2D eigenvalue weighted by molar-refractivity contribution is -0.906. The van der Waals surface area contributed by atoms with E-state index in [9.17, 15) is 0 Å². The summed E-state index contributed by atoms with van der Waals surface area (Å²) in [6.45, 7) is 14.8. The number of rotatable bonds is 14. The largest absolute Gasteiger partial charge is 1.00 e. The van der Waals surface area contributed by atoms with Crippen LogP contribution in [0, 0.1) is 0 Å². The number of nitrogens with zero attached hydrogens (tertiary/aromatic N) is 4. The van der Waals surface area contributed by atoms with E-state index in [1.54, 1.807) is 0 Å². The predicted octanol–water partition coefficient (Wildman–Crippen LogP) is -6.63. The molecule has 0 amide bonds. The molecule has 0 radical (unpaired) electrons. The Bertz CT molecular complexity index is 304. The van der Waals surface area contributed by atoms with Crippen molar-refractivity contribution in [3.63, 3.8) is 0 Å². The highest BCUT2D eigenvalue weighted by Crippen LogP contribution is 2.06. The first-order valence-corrected chi connectivity index (χ1v) is 10.1. The molecule has 0 saturated heterocycles. The summed E-state index contributed by atoms with van der Waals surface area (Å²) in [5.74, 6) is 0. The molecule has 27 heavy (non-hydrogen) atoms. The molecule has 170 valence electrons. The summed E-state index contributed by atoms with van der Waals surface area (Å²) in [6, 6.07) is 0. The Morgan fingerprint density at radius 1 is 0.519 bits per heavy atom. The van der Waals surface area contributed by atoms with Crippen LogP contribution in [0.25, 0.3) is 0 Å². The molecule has 0 aromatic carbocycles. The van der Waals surface area contributed by atoms with Crippen molar-refractivity contribution in [2.24, 2.45) is 0 Å². The number of halogens is 3. The molecule has 0 fully saturated rings. The van der Waals surface area contributed by atoms with Crippen LogP contribution >= 0.6 is 0 Å². The van der Waals surface area contributed by atoms with Crippen LogP contribution in [-0.4, -0.2) is 120 Å². The monoisotopic (exact) mass is 726 g/mol. The standard InChI is InChI=1S/C20H49N4.3HI/c1-10-24(9,11-2)20-14-17-21(15-12-18-22(3,4)5)16-13-19-23(6,7)8;;;/h10-20H2,1-9H3;3*1H/q+3;;;/p-3. The van der Waals surface area contributed by atoms with E-state index in [1.807, 2.05) is 0 Å². The fourth-order valence-corrected chi connectivity index (χ4v) is 3.09. The van der Waals surface area contributed by atoms with Crippen molar-refractivity contribution >= 4 is 0 Å². The molecular formula is C20H49I3N4. The van der Waals surface area contributed by atoms with E-state index < -0.39 is 0 Å². The van der Waals surface area contributed by atoms with Crippen molar-refractivity contribution in [2.45, 2.75) is 33.1 Å². The lowest BCUT2D eigenvalue weighted by atomic mass is 10.2. The topological polar surface area (TPSA) is 3.24 Å². The van der Waals surface area contributed by atoms with Crippen LogP contribution < -0.4 is 71.9 Å². The molecule has 0 aliphatic carbocycles. The Morgan fingerprint density at radius 2 is 0.815 bits per heavy atom. The van der Waals surface area contributed by atoms with Crippen molar-refractivity contribution < 1.29 is 85.4 Å². The SMILES string of the molecule is CC[N+](C)(CC)CCCN(CCC[N+](C)(C)C)CCC[N+](C)(C)C.[I-].[I-].[I-]. The molecule has 7 heteroatoms. The van der Waals surface area contributed by atoms with Crippen molar-refractivity contribution in [2.75, 3.05) is 102 Å². The number of hydrogen-bond acceptors (Lipinski definition) is 1. The summed E-state index contributed by atoms with van der Waals surface area (Å²) in [4.78, 5) is 2.72. The Morgan fingerprint density at radius 3 is 1.07 bits per heavy atom. The van der Waals surface area contributed by atoms with Crippen LogP contribution in [0.15, 0.2) is 0 Å². The van der Waals surface area contributed by atoms with E-state index in [-0.39, 0.29) is 71.9 Å². The minimum Gasteiger partial charge on any atom is -1.00 e. The van der Waals surface area contributed by atoms with Gasteiger partial charge in [-0.05, 0) is 13.8 Å². The van der Waals surface area contributed by atoms with Crippen LogP contribution in [0.5, 0.6) is 0 Å². The molecule has 0 rings (SSSR count). The first-order valence-electron chi connectivity index (χ1n) is 10.1. The normalized spacial score (nSPS) is 12.2. The van der Waals surface area contributed by atoms with Gasteiger partial charge < -0.3 is 90.3 Å². The minimum atomic E-state index is 0. The molecule has 0 aromatic rings. The van der Waals surface area contributed by atoms with Crippen molar-refractivity contribution in [1.29, 1.82) is 0 Å². The molecule has 4 nitrogen and oxygen atoms in total. The van der Waals surface area contributed by atoms with Gasteiger partial charge in [0.25, 0.3) is 0 Å². The first kappa shape index (κ1) is 36.4. The quantitative estimate of drug-likeness (QED) is 0.127. The van der Waals surface area contributed by atoms with E-state index in [0.29, 0.717) is 0 Å². The maximum atomic E-state index is 2.72. The highest BCUT2D eigenvalue weighted by molar-refractivity contribution is 4.59. The van der Waals surface area contributed by atoms with E-state index in [2.05, 4.69) is 68.1 Å². The fourth-order valence-electron chi connectivity index (χ4n) is 3.09. The van der Waals surface area contributed by atoms with Crippen LogP contribution in [-0.2, 0) is 0 Å². The third kappa shape index (κ3) is 22.5. The van der Waals surface area contributed by atoms with Crippen LogP contribution in [0.4, 0.5) is 0 Å². The Labute approximate surface area is 223 Å². The zero-order valence-corrected chi connectivity index (χ0v) is 26.2. The third-order valence-electron chi connectivity index (χ3n) is 5.31. The fraction of sp³-hybridized carbons (Fsp3) is 1.00. The van der Waals surface area contributed by atoms with Crippen LogP contribution in [0.1, 0.15) is 33.1 Å². The molecule has 0 heterocycles. The molecule has 0 aliphatic heterocycles. The average molecular weight is 726 g/mol. The highest BCUT2D eigenvalue weighted by Gasteiger charge is 2.17. The van der Waals surface area contributed by atoms with Gasteiger partial charge >= 0.3 is 0 Å². The van der Waals surface area contributed by atoms with Crippen molar-refractivity contribution in [1.82, 2.24) is 4.90 Å². The molecule has 0 aliphatic rings. The van der Waals surface area contributed by atoms with Crippen molar-refractivity contribution in [3.8, 4) is 0 Å². The second-order valence-corrected chi connectivity index (χ2v) is 9.91. The molecule has 0 saturated carbocycles. The average Bonchev–Trinajstić information content (AvgIpc) is 2.44. The van der Waals surface area contributed by atoms with Gasteiger partial charge in [-0.1, -0.05) is 0 Å². The van der Waals surface area contributed by atoms with Gasteiger partial charge in [0.1, 0.15) is 0 Å². The first-order chi connectivity index (χ1) is 10.9. The zero-order valence-electron chi connectivity index (χ0n) is 19.7. The second-order valence-electron chi connectivity index (χ2n) is 9.91. The van der Waals surface area contributed by atoms with E-state index in [4.69, 9.17) is 0 Å². The van der Waals surface area contributed by atoms with Gasteiger partial charge in [-0.25, -0.2) is 0 Å². The third-order valence-corrected chi connectivity index (χ3v) is 5.31. The van der Waals surface area contributed by atoms with Gasteiger partial charge in [-0.2, -0.15) is 0 Å². The molecule has 0 N–H and O–H groups in total. The van der Waals surface area contributed by atoms with Gasteiger partial charge in [0, 0.05) is 38.9 Å². The minimum absolute atomic E-state index is 0. The van der Waals surface area contributed by atoms with E-state index >= 15 is 0 Å². The van der Waals surface area contributed by atoms with Crippen molar-refractivity contribution in [3.05, 3.63) is 0 Å². The molecule has 0 aromatic heterocycles. The smallest absolute Gasteiger partial charge is 0.0796 e. The summed E-state index contributed by atoms with van der Waals surface area (Å²) in [5.41, 5.74) is 0. The molecular weight excluding hydrogens is 677 g/mol. The molecule has 0 bridgehead atoms. The molecule has 0 spiro atoms. The Kier molecular flexibility index (Phi) is 23.8. The maximum Gasteiger partial charge on any atom is 0.0796 e. The van der Waals surface area contributed by atoms with Gasteiger partial charge in [0.05, 0.1) is 82.1 Å². The predicted molar refractivity (Wildman–Crippen MR) is 108 cm³/mol. The van der Waals surface area contributed by atoms with E-state index in [0.717, 1.165) is 8.97 Å². The molecule has 0 unspecified atom stereocenters. The Hall–Kier alpha value is 2.03.